The molecule has 4 rings (SSSR count). The number of nitrogens with one attached hydrogen (secondary N) is 1. The highest BCUT2D eigenvalue weighted by Crippen LogP contribution is 2.30. The van der Waals surface area contributed by atoms with Crippen LogP contribution in [0.2, 0.25) is 0 Å². The van der Waals surface area contributed by atoms with Crippen LogP contribution in [0.4, 0.5) is 16.5 Å². The maximum atomic E-state index is 4.75. The molecule has 0 saturated heterocycles. The van der Waals surface area contributed by atoms with E-state index in [0.717, 1.165) is 46.7 Å². The quantitative estimate of drug-likeness (QED) is 0.423. The van der Waals surface area contributed by atoms with Gasteiger partial charge in [-0.1, -0.05) is 0 Å². The van der Waals surface area contributed by atoms with Crippen LogP contribution in [0.25, 0.3) is 17.1 Å². The summed E-state index contributed by atoms with van der Waals surface area (Å²) >= 11 is 1.60. The Morgan fingerprint density at radius 3 is 2.53 bits per heavy atom. The third-order valence-electron chi connectivity index (χ3n) is 5.10. The number of imidazole rings is 1. The van der Waals surface area contributed by atoms with Crippen molar-refractivity contribution in [2.75, 3.05) is 23.3 Å². The zero-order valence-electron chi connectivity index (χ0n) is 17.8. The highest BCUT2D eigenvalue weighted by Gasteiger charge is 2.09. The molecule has 4 aromatic rings. The van der Waals surface area contributed by atoms with Gasteiger partial charge < -0.3 is 10.2 Å². The summed E-state index contributed by atoms with van der Waals surface area (Å²) in [6, 6.07) is 10.6. The molecule has 0 aliphatic heterocycles. The van der Waals surface area contributed by atoms with E-state index >= 15 is 0 Å². The normalized spacial score (nSPS) is 10.9. The summed E-state index contributed by atoms with van der Waals surface area (Å²) in [5.41, 5.74) is 6.42. The molecule has 0 radical (unpaired) electrons. The Morgan fingerprint density at radius 1 is 1.07 bits per heavy atom. The molecule has 6 nitrogen and oxygen atoms in total. The number of hydrogen-bond acceptors (Lipinski definition) is 6. The smallest absolute Gasteiger partial charge is 0.187 e. The molecule has 0 fully saturated rings. The first-order valence-electron chi connectivity index (χ1n) is 10.1. The summed E-state index contributed by atoms with van der Waals surface area (Å²) in [4.78, 5) is 15.9. The highest BCUT2D eigenvalue weighted by atomic mass is 32.1. The van der Waals surface area contributed by atoms with Crippen molar-refractivity contribution in [3.05, 3.63) is 65.7 Å². The van der Waals surface area contributed by atoms with E-state index < -0.39 is 0 Å². The highest BCUT2D eigenvalue weighted by molar-refractivity contribution is 7.14. The number of pyridine rings is 1. The van der Waals surface area contributed by atoms with Gasteiger partial charge in [0.2, 0.25) is 0 Å². The van der Waals surface area contributed by atoms with Crippen LogP contribution in [0.5, 0.6) is 0 Å². The van der Waals surface area contributed by atoms with E-state index in [1.165, 1.54) is 11.3 Å². The monoisotopic (exact) mass is 418 g/mol. The lowest BCUT2D eigenvalue weighted by Crippen LogP contribution is -2.21. The number of anilines is 3. The molecule has 0 amide bonds. The number of thiazole rings is 1. The summed E-state index contributed by atoms with van der Waals surface area (Å²) in [5.74, 6) is 0.844. The molecule has 7 heteroatoms. The van der Waals surface area contributed by atoms with Crippen LogP contribution in [0.1, 0.15) is 25.1 Å². The van der Waals surface area contributed by atoms with Crippen molar-refractivity contribution in [1.29, 1.82) is 0 Å². The largest absolute Gasteiger partial charge is 0.372 e. The summed E-state index contributed by atoms with van der Waals surface area (Å²) in [6.45, 7) is 10.5. The summed E-state index contributed by atoms with van der Waals surface area (Å²) in [6.07, 6.45) is 5.59. The summed E-state index contributed by atoms with van der Waals surface area (Å²) < 4.78 is 1.91. The first-order chi connectivity index (χ1) is 14.6. The molecular formula is C23H26N6S. The van der Waals surface area contributed by atoms with Gasteiger partial charge in [-0.25, -0.2) is 15.0 Å². The first kappa shape index (κ1) is 20.1. The summed E-state index contributed by atoms with van der Waals surface area (Å²) in [5, 5.41) is 6.39. The fourth-order valence-electron chi connectivity index (χ4n) is 3.39. The maximum absolute atomic E-state index is 4.75. The number of hydrogen-bond donors (Lipinski definition) is 1. The van der Waals surface area contributed by atoms with E-state index in [4.69, 9.17) is 4.98 Å². The van der Waals surface area contributed by atoms with E-state index in [2.05, 4.69) is 64.5 Å². The Hall–Kier alpha value is -3.19. The Labute approximate surface area is 181 Å². The van der Waals surface area contributed by atoms with Gasteiger partial charge in [-0.3, -0.25) is 4.57 Å². The lowest BCUT2D eigenvalue weighted by molar-refractivity contribution is 0.866. The molecule has 0 aliphatic carbocycles. The van der Waals surface area contributed by atoms with Gasteiger partial charge in [0.05, 0.1) is 11.4 Å². The predicted octanol–water partition coefficient (Wildman–Crippen LogP) is 5.60. The fraction of sp³-hybridized carbons (Fsp3) is 0.261. The molecule has 0 saturated carbocycles. The second kappa shape index (κ2) is 8.67. The van der Waals surface area contributed by atoms with Crippen molar-refractivity contribution < 1.29 is 0 Å². The Balaban J connectivity index is 1.49. The molecule has 3 heterocycles. The fourth-order valence-corrected chi connectivity index (χ4v) is 4.12. The van der Waals surface area contributed by atoms with Crippen LogP contribution in [-0.4, -0.2) is 32.6 Å². The van der Waals surface area contributed by atoms with Gasteiger partial charge in [-0.05, 0) is 63.6 Å². The zero-order chi connectivity index (χ0) is 21.1. The minimum atomic E-state index is 0.844. The minimum absolute atomic E-state index is 0.844. The van der Waals surface area contributed by atoms with Gasteiger partial charge in [-0.2, -0.15) is 0 Å². The zero-order valence-corrected chi connectivity index (χ0v) is 18.6. The average molecular weight is 419 g/mol. The number of aryl methyl sites for hydroxylation is 2. The lowest BCUT2D eigenvalue weighted by atomic mass is 10.1. The maximum Gasteiger partial charge on any atom is 0.187 e. The van der Waals surface area contributed by atoms with Crippen LogP contribution in [0, 0.1) is 13.8 Å². The number of rotatable bonds is 7. The third kappa shape index (κ3) is 4.21. The van der Waals surface area contributed by atoms with Gasteiger partial charge >= 0.3 is 0 Å². The molecule has 3 aromatic heterocycles. The summed E-state index contributed by atoms with van der Waals surface area (Å²) in [7, 11) is 0. The van der Waals surface area contributed by atoms with Crippen molar-refractivity contribution in [1.82, 2.24) is 19.5 Å². The molecule has 30 heavy (non-hydrogen) atoms. The van der Waals surface area contributed by atoms with E-state index in [-0.39, 0.29) is 0 Å². The van der Waals surface area contributed by atoms with E-state index in [1.807, 2.05) is 36.0 Å². The van der Waals surface area contributed by atoms with Crippen molar-refractivity contribution >= 4 is 27.8 Å². The van der Waals surface area contributed by atoms with Crippen LogP contribution >= 0.6 is 11.3 Å². The predicted molar refractivity (Wildman–Crippen MR) is 125 cm³/mol. The standard InChI is InChI=1S/C23H26N6S/c1-5-28(6-2)19-8-9-20(16(3)11-19)26-23-27-21(14-30-23)18-7-10-22(24-12-18)29-13-17(4)25-15-29/h7-15H,5-6H2,1-4H3,(H,26,27). The second-order valence-electron chi connectivity index (χ2n) is 7.16. The van der Waals surface area contributed by atoms with Crippen molar-refractivity contribution in [3.8, 4) is 17.1 Å². The average Bonchev–Trinajstić information content (AvgIpc) is 3.40. The van der Waals surface area contributed by atoms with Crippen LogP contribution in [-0.2, 0) is 0 Å². The molecule has 1 aromatic carbocycles. The lowest BCUT2D eigenvalue weighted by Gasteiger charge is -2.22. The molecule has 0 spiro atoms. The number of nitrogens with zero attached hydrogens (tertiary/aromatic N) is 5. The van der Waals surface area contributed by atoms with Crippen molar-refractivity contribution in [2.24, 2.45) is 0 Å². The Kier molecular flexibility index (Phi) is 5.81. The first-order valence-corrected chi connectivity index (χ1v) is 11.0. The molecule has 0 bridgehead atoms. The van der Waals surface area contributed by atoms with Crippen molar-refractivity contribution in [3.63, 3.8) is 0 Å². The van der Waals surface area contributed by atoms with Crippen LogP contribution < -0.4 is 10.2 Å². The molecular weight excluding hydrogens is 392 g/mol. The van der Waals surface area contributed by atoms with Gasteiger partial charge in [-0.15, -0.1) is 11.3 Å². The SMILES string of the molecule is CCN(CC)c1ccc(Nc2nc(-c3ccc(-n4cnc(C)c4)nc3)cs2)c(C)c1. The van der Waals surface area contributed by atoms with Gasteiger partial charge in [0.1, 0.15) is 12.1 Å². The molecule has 0 atom stereocenters. The Morgan fingerprint density at radius 2 is 1.90 bits per heavy atom. The topological polar surface area (TPSA) is 58.9 Å². The second-order valence-corrected chi connectivity index (χ2v) is 8.02. The Bertz CT molecular complexity index is 1120. The molecule has 0 unspecified atom stereocenters. The van der Waals surface area contributed by atoms with Crippen molar-refractivity contribution in [2.45, 2.75) is 27.7 Å². The van der Waals surface area contributed by atoms with E-state index in [1.54, 1.807) is 17.7 Å². The van der Waals surface area contributed by atoms with E-state index in [0.29, 0.717) is 0 Å². The minimum Gasteiger partial charge on any atom is -0.372 e. The third-order valence-corrected chi connectivity index (χ3v) is 5.86. The van der Waals surface area contributed by atoms with Gasteiger partial charge in [0.25, 0.3) is 0 Å². The van der Waals surface area contributed by atoms with Gasteiger partial charge in [0.15, 0.2) is 5.13 Å². The molecule has 154 valence electrons. The molecule has 1 N–H and O–H groups in total. The van der Waals surface area contributed by atoms with Crippen LogP contribution in [0.15, 0.2) is 54.4 Å². The molecule has 0 aliphatic rings. The van der Waals surface area contributed by atoms with Crippen LogP contribution in [0.3, 0.4) is 0 Å². The number of aromatic nitrogens is 4. The van der Waals surface area contributed by atoms with E-state index in [9.17, 15) is 0 Å². The van der Waals surface area contributed by atoms with Gasteiger partial charge in [0, 0.05) is 47.8 Å². The number of benzene rings is 1.